The van der Waals surface area contributed by atoms with Gasteiger partial charge in [0.1, 0.15) is 10.8 Å². The first-order valence-corrected chi connectivity index (χ1v) is 5.92. The lowest BCUT2D eigenvalue weighted by Crippen LogP contribution is -1.94. The number of carbonyl (C=O) groups excluding carboxylic acids is 1. The summed E-state index contributed by atoms with van der Waals surface area (Å²) in [6.45, 7) is 1.48. The van der Waals surface area contributed by atoms with Gasteiger partial charge in [-0.25, -0.2) is 4.98 Å². The van der Waals surface area contributed by atoms with E-state index in [2.05, 4.69) is 4.98 Å². The van der Waals surface area contributed by atoms with E-state index in [9.17, 15) is 4.79 Å². The zero-order chi connectivity index (χ0) is 13.1. The van der Waals surface area contributed by atoms with Gasteiger partial charge in [-0.1, -0.05) is 29.3 Å². The molecular weight excluding hydrogens is 273 g/mol. The van der Waals surface area contributed by atoms with Crippen LogP contribution in [0, 0.1) is 0 Å². The average Bonchev–Trinajstić information content (AvgIpc) is 2.36. The number of benzene rings is 1. The molecule has 2 aromatic rings. The van der Waals surface area contributed by atoms with Crippen molar-refractivity contribution in [2.45, 2.75) is 6.92 Å². The summed E-state index contributed by atoms with van der Waals surface area (Å²) in [7, 11) is 0. The fraction of sp³-hybridized carbons (Fsp3) is 0.0769. The quantitative estimate of drug-likeness (QED) is 0.784. The number of Topliss-reactive ketones (excluding diaryl/α,β-unsaturated/α-hetero) is 1. The topological polar surface area (TPSA) is 39.2 Å². The summed E-state index contributed by atoms with van der Waals surface area (Å²) < 4.78 is 5.49. The first-order valence-electron chi connectivity index (χ1n) is 5.17. The maximum atomic E-state index is 11.1. The molecule has 0 atom stereocenters. The molecule has 0 saturated heterocycles. The van der Waals surface area contributed by atoms with Crippen LogP contribution < -0.4 is 4.74 Å². The van der Waals surface area contributed by atoms with Crippen LogP contribution in [0.15, 0.2) is 36.5 Å². The highest BCUT2D eigenvalue weighted by Crippen LogP contribution is 2.33. The van der Waals surface area contributed by atoms with E-state index in [1.807, 2.05) is 0 Å². The molecule has 3 nitrogen and oxygen atoms in total. The van der Waals surface area contributed by atoms with Crippen molar-refractivity contribution >= 4 is 29.0 Å². The Morgan fingerprint density at radius 1 is 1.22 bits per heavy atom. The zero-order valence-corrected chi connectivity index (χ0v) is 11.0. The lowest BCUT2D eigenvalue weighted by Gasteiger charge is -2.07. The summed E-state index contributed by atoms with van der Waals surface area (Å²) >= 11 is 11.9. The van der Waals surface area contributed by atoms with Crippen LogP contribution in [-0.2, 0) is 0 Å². The zero-order valence-electron chi connectivity index (χ0n) is 9.48. The second kappa shape index (κ2) is 5.38. The maximum absolute atomic E-state index is 11.1. The number of hydrogen-bond donors (Lipinski definition) is 0. The molecule has 2 rings (SSSR count). The summed E-state index contributed by atoms with van der Waals surface area (Å²) in [5, 5.41) is 0.742. The molecule has 5 heteroatoms. The summed E-state index contributed by atoms with van der Waals surface area (Å²) in [4.78, 5) is 15.1. The average molecular weight is 282 g/mol. The van der Waals surface area contributed by atoms with Gasteiger partial charge < -0.3 is 4.74 Å². The smallest absolute Gasteiger partial charge is 0.219 e. The Hall–Kier alpha value is -1.58. The van der Waals surface area contributed by atoms with E-state index in [-0.39, 0.29) is 5.78 Å². The molecular formula is C13H9Cl2NO2. The number of pyridine rings is 1. The van der Waals surface area contributed by atoms with Crippen molar-refractivity contribution < 1.29 is 9.53 Å². The van der Waals surface area contributed by atoms with E-state index >= 15 is 0 Å². The van der Waals surface area contributed by atoms with E-state index in [0.29, 0.717) is 27.2 Å². The molecule has 1 aromatic heterocycles. The van der Waals surface area contributed by atoms with E-state index < -0.39 is 0 Å². The van der Waals surface area contributed by atoms with Crippen LogP contribution in [0.5, 0.6) is 11.6 Å². The van der Waals surface area contributed by atoms with Crippen LogP contribution in [0.3, 0.4) is 0 Å². The van der Waals surface area contributed by atoms with Gasteiger partial charge in [0.25, 0.3) is 0 Å². The summed E-state index contributed by atoms with van der Waals surface area (Å²) in [6.07, 6.45) is 1.45. The molecule has 92 valence electrons. The summed E-state index contributed by atoms with van der Waals surface area (Å²) in [5.41, 5.74) is 0.527. The van der Waals surface area contributed by atoms with Gasteiger partial charge in [-0.3, -0.25) is 4.79 Å². The molecule has 0 fully saturated rings. The van der Waals surface area contributed by atoms with Crippen LogP contribution in [0.2, 0.25) is 10.0 Å². The lowest BCUT2D eigenvalue weighted by atomic mass is 10.2. The number of hydrogen-bond acceptors (Lipinski definition) is 3. The number of ether oxygens (including phenoxy) is 1. The largest absolute Gasteiger partial charge is 0.437 e. The summed E-state index contributed by atoms with van der Waals surface area (Å²) in [6, 6.07) is 8.34. The van der Waals surface area contributed by atoms with Crippen molar-refractivity contribution in [1.29, 1.82) is 0 Å². The molecule has 1 aromatic carbocycles. The van der Waals surface area contributed by atoms with Crippen molar-refractivity contribution in [3.63, 3.8) is 0 Å². The molecule has 0 saturated carbocycles. The maximum Gasteiger partial charge on any atom is 0.219 e. The third kappa shape index (κ3) is 2.81. The molecule has 1 heterocycles. The fourth-order valence-electron chi connectivity index (χ4n) is 1.32. The molecule has 0 spiro atoms. The number of halogens is 2. The van der Waals surface area contributed by atoms with Crippen molar-refractivity contribution in [2.24, 2.45) is 0 Å². The van der Waals surface area contributed by atoms with Crippen LogP contribution in [0.4, 0.5) is 0 Å². The Morgan fingerprint density at radius 2 is 2.00 bits per heavy atom. The van der Waals surface area contributed by atoms with Gasteiger partial charge in [0, 0.05) is 17.8 Å². The predicted octanol–water partition coefficient (Wildman–Crippen LogP) is 4.38. The highest BCUT2D eigenvalue weighted by molar-refractivity contribution is 6.42. The Morgan fingerprint density at radius 3 is 2.61 bits per heavy atom. The Bertz CT molecular complexity index is 582. The van der Waals surface area contributed by atoms with E-state index in [4.69, 9.17) is 27.9 Å². The van der Waals surface area contributed by atoms with Gasteiger partial charge in [-0.05, 0) is 25.1 Å². The fourth-order valence-corrected chi connectivity index (χ4v) is 1.65. The van der Waals surface area contributed by atoms with Gasteiger partial charge >= 0.3 is 0 Å². The van der Waals surface area contributed by atoms with Gasteiger partial charge in [-0.15, -0.1) is 0 Å². The van der Waals surface area contributed by atoms with Gasteiger partial charge in [0.15, 0.2) is 5.78 Å². The van der Waals surface area contributed by atoms with E-state index in [0.717, 1.165) is 0 Å². The van der Waals surface area contributed by atoms with Gasteiger partial charge in [-0.2, -0.15) is 0 Å². The van der Waals surface area contributed by atoms with Gasteiger partial charge in [0.2, 0.25) is 5.88 Å². The molecule has 0 unspecified atom stereocenters. The van der Waals surface area contributed by atoms with Crippen molar-refractivity contribution in [3.05, 3.63) is 52.1 Å². The van der Waals surface area contributed by atoms with Crippen molar-refractivity contribution in [3.8, 4) is 11.6 Å². The molecule has 0 aliphatic rings. The second-order valence-corrected chi connectivity index (χ2v) is 4.38. The first kappa shape index (κ1) is 12.9. The van der Waals surface area contributed by atoms with Crippen LogP contribution in [-0.4, -0.2) is 10.8 Å². The minimum absolute atomic E-state index is 0.0464. The number of rotatable bonds is 3. The predicted molar refractivity (Wildman–Crippen MR) is 70.8 cm³/mol. The van der Waals surface area contributed by atoms with E-state index in [1.165, 1.54) is 13.1 Å². The molecule has 0 aliphatic heterocycles. The number of carbonyl (C=O) groups is 1. The van der Waals surface area contributed by atoms with Crippen molar-refractivity contribution in [1.82, 2.24) is 4.98 Å². The third-order valence-corrected chi connectivity index (χ3v) is 3.08. The molecule has 18 heavy (non-hydrogen) atoms. The Labute approximate surface area is 114 Å². The SMILES string of the molecule is CC(=O)c1ccc(Oc2cccc(Cl)c2Cl)nc1. The number of nitrogens with zero attached hydrogens (tertiary/aromatic N) is 1. The molecule has 0 radical (unpaired) electrons. The third-order valence-electron chi connectivity index (χ3n) is 2.27. The minimum Gasteiger partial charge on any atom is -0.437 e. The highest BCUT2D eigenvalue weighted by atomic mass is 35.5. The van der Waals surface area contributed by atoms with Gasteiger partial charge in [0.05, 0.1) is 5.02 Å². The van der Waals surface area contributed by atoms with Crippen LogP contribution >= 0.6 is 23.2 Å². The van der Waals surface area contributed by atoms with Crippen LogP contribution in [0.25, 0.3) is 0 Å². The number of aromatic nitrogens is 1. The molecule has 0 N–H and O–H groups in total. The summed E-state index contributed by atoms with van der Waals surface area (Å²) in [5.74, 6) is 0.728. The normalized spacial score (nSPS) is 10.2. The second-order valence-electron chi connectivity index (χ2n) is 3.60. The molecule has 0 amide bonds. The van der Waals surface area contributed by atoms with Crippen LogP contribution in [0.1, 0.15) is 17.3 Å². The lowest BCUT2D eigenvalue weighted by molar-refractivity contribution is 0.101. The molecule has 0 bridgehead atoms. The minimum atomic E-state index is -0.0464. The highest BCUT2D eigenvalue weighted by Gasteiger charge is 2.07. The Balaban J connectivity index is 2.24. The standard InChI is InChI=1S/C13H9Cl2NO2/c1-8(17)9-5-6-12(16-7-9)18-11-4-2-3-10(14)13(11)15/h2-7H,1H3. The monoisotopic (exact) mass is 281 g/mol. The van der Waals surface area contributed by atoms with Crippen molar-refractivity contribution in [2.75, 3.05) is 0 Å². The number of ketones is 1. The Kier molecular flexibility index (Phi) is 3.84. The first-order chi connectivity index (χ1) is 8.58. The van der Waals surface area contributed by atoms with E-state index in [1.54, 1.807) is 30.3 Å². The molecule has 0 aliphatic carbocycles.